The van der Waals surface area contributed by atoms with Gasteiger partial charge in [0, 0.05) is 13.1 Å². The number of nitrogens with one attached hydrogen (secondary N) is 1. The van der Waals surface area contributed by atoms with Gasteiger partial charge in [0.1, 0.15) is 11.6 Å². The van der Waals surface area contributed by atoms with E-state index in [1.54, 1.807) is 0 Å². The molecule has 7 nitrogen and oxygen atoms in total. The normalized spacial score (nSPS) is 22.1. The van der Waals surface area contributed by atoms with Crippen LogP contribution in [0.25, 0.3) is 0 Å². The number of ether oxygens (including phenoxy) is 1. The maximum Gasteiger partial charge on any atom is 0.276 e. The van der Waals surface area contributed by atoms with Crippen molar-refractivity contribution in [2.24, 2.45) is 0 Å². The van der Waals surface area contributed by atoms with Crippen LogP contribution in [0.4, 0.5) is 17.3 Å². The van der Waals surface area contributed by atoms with Gasteiger partial charge >= 0.3 is 0 Å². The lowest BCUT2D eigenvalue weighted by Crippen LogP contribution is -2.47. The number of nitrogens with zero attached hydrogens (tertiary/aromatic N) is 3. The van der Waals surface area contributed by atoms with E-state index in [1.807, 2.05) is 20.8 Å². The van der Waals surface area contributed by atoms with Crippen LogP contribution in [0.15, 0.2) is 12.1 Å². The molecule has 2 heterocycles. The molecule has 0 amide bonds. The molecule has 1 aliphatic rings. The summed E-state index contributed by atoms with van der Waals surface area (Å²) in [5.41, 5.74) is 0.0601. The predicted octanol–water partition coefficient (Wildman–Crippen LogP) is 2.43. The lowest BCUT2D eigenvalue weighted by Gasteiger charge is -2.37. The van der Waals surface area contributed by atoms with Crippen molar-refractivity contribution in [1.29, 1.82) is 0 Å². The van der Waals surface area contributed by atoms with Crippen molar-refractivity contribution in [3.63, 3.8) is 0 Å². The average Bonchev–Trinajstić information content (AvgIpc) is 2.47. The van der Waals surface area contributed by atoms with Gasteiger partial charge in [-0.25, -0.2) is 4.98 Å². The molecule has 116 valence electrons. The van der Waals surface area contributed by atoms with Crippen molar-refractivity contribution in [2.45, 2.75) is 39.3 Å². The van der Waals surface area contributed by atoms with Crippen LogP contribution >= 0.6 is 0 Å². The van der Waals surface area contributed by atoms with E-state index in [1.165, 1.54) is 12.1 Å². The number of anilines is 2. The highest BCUT2D eigenvalue weighted by atomic mass is 16.6. The van der Waals surface area contributed by atoms with Gasteiger partial charge in [0.15, 0.2) is 0 Å². The molecule has 0 spiro atoms. The van der Waals surface area contributed by atoms with Gasteiger partial charge in [0.05, 0.1) is 35.8 Å². The molecular weight excluding hydrogens is 272 g/mol. The first-order valence-electron chi connectivity index (χ1n) is 7.29. The SMILES string of the molecule is CCCNc1cc([N+](=O)[O-])cc(N2CC(C)OCC2C)n1. The largest absolute Gasteiger partial charge is 0.375 e. The molecule has 1 fully saturated rings. The van der Waals surface area contributed by atoms with Crippen molar-refractivity contribution in [3.05, 3.63) is 22.2 Å². The second-order valence-electron chi connectivity index (χ2n) is 5.40. The summed E-state index contributed by atoms with van der Waals surface area (Å²) in [6, 6.07) is 3.16. The molecule has 0 bridgehead atoms. The maximum atomic E-state index is 11.1. The Morgan fingerprint density at radius 1 is 1.52 bits per heavy atom. The second kappa shape index (κ2) is 6.71. The summed E-state index contributed by atoms with van der Waals surface area (Å²) in [7, 11) is 0. The van der Waals surface area contributed by atoms with E-state index < -0.39 is 0 Å². The highest BCUT2D eigenvalue weighted by Gasteiger charge is 2.26. The van der Waals surface area contributed by atoms with Crippen molar-refractivity contribution in [2.75, 3.05) is 29.9 Å². The van der Waals surface area contributed by atoms with E-state index in [0.29, 0.717) is 24.8 Å². The van der Waals surface area contributed by atoms with Crippen molar-refractivity contribution < 1.29 is 9.66 Å². The number of rotatable bonds is 5. The predicted molar refractivity (Wildman–Crippen MR) is 81.9 cm³/mol. The first-order valence-corrected chi connectivity index (χ1v) is 7.29. The summed E-state index contributed by atoms with van der Waals surface area (Å²) in [5.74, 6) is 1.18. The van der Waals surface area contributed by atoms with Crippen LogP contribution in [-0.4, -0.2) is 41.7 Å². The molecule has 0 radical (unpaired) electrons. The Hall–Kier alpha value is -1.89. The topological polar surface area (TPSA) is 80.5 Å². The second-order valence-corrected chi connectivity index (χ2v) is 5.40. The van der Waals surface area contributed by atoms with Crippen LogP contribution in [0.3, 0.4) is 0 Å². The molecule has 0 aliphatic carbocycles. The van der Waals surface area contributed by atoms with Crippen LogP contribution in [-0.2, 0) is 4.74 Å². The standard InChI is InChI=1S/C14H22N4O3/c1-4-5-15-13-6-12(18(19)20)7-14(16-13)17-8-11(3)21-9-10(17)2/h6-7,10-11H,4-5,8-9H2,1-3H3,(H,15,16). The van der Waals surface area contributed by atoms with Crippen molar-refractivity contribution in [3.8, 4) is 0 Å². The van der Waals surface area contributed by atoms with Crippen LogP contribution in [0.2, 0.25) is 0 Å². The number of aromatic nitrogens is 1. The fraction of sp³-hybridized carbons (Fsp3) is 0.643. The third-order valence-electron chi connectivity index (χ3n) is 3.47. The van der Waals surface area contributed by atoms with Gasteiger partial charge in [0.2, 0.25) is 0 Å². The summed E-state index contributed by atoms with van der Waals surface area (Å²) < 4.78 is 5.60. The molecule has 1 saturated heterocycles. The maximum absolute atomic E-state index is 11.1. The summed E-state index contributed by atoms with van der Waals surface area (Å²) in [6.45, 7) is 8.09. The monoisotopic (exact) mass is 294 g/mol. The smallest absolute Gasteiger partial charge is 0.276 e. The van der Waals surface area contributed by atoms with E-state index in [4.69, 9.17) is 4.74 Å². The Kier molecular flexibility index (Phi) is 4.95. The van der Waals surface area contributed by atoms with Gasteiger partial charge in [-0.3, -0.25) is 10.1 Å². The number of hydrogen-bond acceptors (Lipinski definition) is 6. The van der Waals surface area contributed by atoms with Gasteiger partial charge in [0.25, 0.3) is 5.69 Å². The Balaban J connectivity index is 2.32. The Labute approximate surface area is 124 Å². The summed E-state index contributed by atoms with van der Waals surface area (Å²) >= 11 is 0. The van der Waals surface area contributed by atoms with Gasteiger partial charge in [-0.05, 0) is 20.3 Å². The summed E-state index contributed by atoms with van der Waals surface area (Å²) in [5, 5.41) is 14.2. The zero-order valence-corrected chi connectivity index (χ0v) is 12.7. The number of morpholine rings is 1. The molecule has 21 heavy (non-hydrogen) atoms. The lowest BCUT2D eigenvalue weighted by atomic mass is 10.2. The van der Waals surface area contributed by atoms with Gasteiger partial charge in [-0.15, -0.1) is 0 Å². The third kappa shape index (κ3) is 3.81. The zero-order valence-electron chi connectivity index (χ0n) is 12.7. The van der Waals surface area contributed by atoms with Gasteiger partial charge in [-0.1, -0.05) is 6.92 Å². The van der Waals surface area contributed by atoms with Crippen LogP contribution < -0.4 is 10.2 Å². The fourth-order valence-electron chi connectivity index (χ4n) is 2.32. The van der Waals surface area contributed by atoms with E-state index in [-0.39, 0.29) is 22.8 Å². The molecular formula is C14H22N4O3. The van der Waals surface area contributed by atoms with E-state index >= 15 is 0 Å². The highest BCUT2D eigenvalue weighted by molar-refractivity contribution is 5.56. The molecule has 2 rings (SSSR count). The Morgan fingerprint density at radius 2 is 2.29 bits per heavy atom. The van der Waals surface area contributed by atoms with Crippen molar-refractivity contribution in [1.82, 2.24) is 4.98 Å². The van der Waals surface area contributed by atoms with E-state index in [9.17, 15) is 10.1 Å². The first-order chi connectivity index (χ1) is 10.0. The first kappa shape index (κ1) is 15.5. The quantitative estimate of drug-likeness (QED) is 0.663. The lowest BCUT2D eigenvalue weighted by molar-refractivity contribution is -0.384. The molecule has 0 saturated carbocycles. The van der Waals surface area contributed by atoms with E-state index in [0.717, 1.165) is 13.0 Å². The molecule has 7 heteroatoms. The number of nitro groups is 1. The minimum absolute atomic E-state index is 0.0601. The third-order valence-corrected chi connectivity index (χ3v) is 3.47. The minimum Gasteiger partial charge on any atom is -0.375 e. The molecule has 1 aliphatic heterocycles. The van der Waals surface area contributed by atoms with Gasteiger partial charge in [-0.2, -0.15) is 0 Å². The van der Waals surface area contributed by atoms with Crippen LogP contribution in [0.1, 0.15) is 27.2 Å². The Morgan fingerprint density at radius 3 is 2.95 bits per heavy atom. The fourth-order valence-corrected chi connectivity index (χ4v) is 2.32. The molecule has 2 unspecified atom stereocenters. The molecule has 1 N–H and O–H groups in total. The number of pyridine rings is 1. The van der Waals surface area contributed by atoms with Crippen molar-refractivity contribution >= 4 is 17.3 Å². The molecule has 0 aromatic carbocycles. The zero-order chi connectivity index (χ0) is 15.4. The molecule has 1 aromatic heterocycles. The van der Waals surface area contributed by atoms with Crippen LogP contribution in [0.5, 0.6) is 0 Å². The summed E-state index contributed by atoms with van der Waals surface area (Å²) in [4.78, 5) is 17.3. The Bertz CT molecular complexity index is 509. The van der Waals surface area contributed by atoms with Gasteiger partial charge < -0.3 is 15.0 Å². The molecule has 1 aromatic rings. The number of hydrogen-bond donors (Lipinski definition) is 1. The van der Waals surface area contributed by atoms with Crippen LogP contribution in [0, 0.1) is 10.1 Å². The molecule has 2 atom stereocenters. The minimum atomic E-state index is -0.378. The van der Waals surface area contributed by atoms with E-state index in [2.05, 4.69) is 15.2 Å². The highest BCUT2D eigenvalue weighted by Crippen LogP contribution is 2.26. The summed E-state index contributed by atoms with van der Waals surface area (Å²) in [6.07, 6.45) is 1.03. The average molecular weight is 294 g/mol.